The first-order chi connectivity index (χ1) is 5.36. The van der Waals surface area contributed by atoms with E-state index in [1.54, 1.807) is 6.20 Å². The maximum Gasteiger partial charge on any atom is 0.128 e. The molecule has 3 nitrogen and oxygen atoms in total. The summed E-state index contributed by atoms with van der Waals surface area (Å²) in [7, 11) is 0. The zero-order valence-electron chi connectivity index (χ0n) is 6.33. The van der Waals surface area contributed by atoms with Crippen LogP contribution in [-0.2, 0) is 0 Å². The molecular weight excluding hydrogens is 138 g/mol. The predicted octanol–water partition coefficient (Wildman–Crippen LogP) is 0.874. The van der Waals surface area contributed by atoms with Crippen LogP contribution in [0.15, 0.2) is 18.3 Å². The third kappa shape index (κ3) is 1.13. The molecule has 1 aliphatic heterocycles. The molecule has 1 fully saturated rings. The lowest BCUT2D eigenvalue weighted by atomic mass is 10.2. The number of nitrogen functional groups attached to an aromatic ring is 1. The van der Waals surface area contributed by atoms with Gasteiger partial charge in [0.25, 0.3) is 0 Å². The lowest BCUT2D eigenvalue weighted by molar-refractivity contribution is 0.610. The fraction of sp³-hybridized carbons (Fsp3) is 0.375. The summed E-state index contributed by atoms with van der Waals surface area (Å²) in [5.41, 5.74) is 6.24. The van der Waals surface area contributed by atoms with E-state index in [2.05, 4.69) is 9.88 Å². The van der Waals surface area contributed by atoms with Crippen molar-refractivity contribution < 1.29 is 0 Å². The van der Waals surface area contributed by atoms with Crippen molar-refractivity contribution >= 4 is 11.5 Å². The summed E-state index contributed by atoms with van der Waals surface area (Å²) in [5.74, 6) is 1.05. The molecular formula is C8H11N3. The van der Waals surface area contributed by atoms with E-state index in [1.807, 2.05) is 12.1 Å². The van der Waals surface area contributed by atoms with Crippen LogP contribution in [0, 0.1) is 0 Å². The highest BCUT2D eigenvalue weighted by Gasteiger charge is 2.14. The Morgan fingerprint density at radius 3 is 2.64 bits per heavy atom. The largest absolute Gasteiger partial charge is 0.397 e. The van der Waals surface area contributed by atoms with Gasteiger partial charge in [-0.15, -0.1) is 0 Å². The third-order valence-electron chi connectivity index (χ3n) is 1.95. The Morgan fingerprint density at radius 2 is 2.18 bits per heavy atom. The minimum Gasteiger partial charge on any atom is -0.397 e. The standard InChI is InChI=1S/C8H11N3/c9-7-2-3-8(10-6-7)11-4-1-5-11/h2-3,6H,1,4-5,9H2. The van der Waals surface area contributed by atoms with Crippen molar-refractivity contribution in [1.29, 1.82) is 0 Å². The van der Waals surface area contributed by atoms with E-state index >= 15 is 0 Å². The average Bonchev–Trinajstić information content (AvgIpc) is 1.90. The van der Waals surface area contributed by atoms with Crippen molar-refractivity contribution in [2.24, 2.45) is 0 Å². The smallest absolute Gasteiger partial charge is 0.128 e. The molecule has 1 aromatic heterocycles. The zero-order chi connectivity index (χ0) is 7.68. The highest BCUT2D eigenvalue weighted by atomic mass is 15.2. The van der Waals surface area contributed by atoms with Crippen LogP contribution in [-0.4, -0.2) is 18.1 Å². The Hall–Kier alpha value is -1.25. The van der Waals surface area contributed by atoms with Crippen LogP contribution in [0.5, 0.6) is 0 Å². The number of nitrogens with zero attached hydrogens (tertiary/aromatic N) is 2. The van der Waals surface area contributed by atoms with Crippen LogP contribution in [0.2, 0.25) is 0 Å². The maximum atomic E-state index is 5.51. The molecule has 2 rings (SSSR count). The summed E-state index contributed by atoms with van der Waals surface area (Å²) in [5, 5.41) is 0. The second-order valence-electron chi connectivity index (χ2n) is 2.79. The maximum absolute atomic E-state index is 5.51. The second kappa shape index (κ2) is 2.42. The van der Waals surface area contributed by atoms with Gasteiger partial charge in [-0.05, 0) is 18.6 Å². The molecule has 0 spiro atoms. The van der Waals surface area contributed by atoms with Gasteiger partial charge in [-0.3, -0.25) is 0 Å². The Morgan fingerprint density at radius 1 is 1.36 bits per heavy atom. The topological polar surface area (TPSA) is 42.1 Å². The van der Waals surface area contributed by atoms with E-state index in [0.717, 1.165) is 24.6 Å². The third-order valence-corrected chi connectivity index (χ3v) is 1.95. The van der Waals surface area contributed by atoms with Crippen LogP contribution >= 0.6 is 0 Å². The van der Waals surface area contributed by atoms with Gasteiger partial charge in [0.15, 0.2) is 0 Å². The van der Waals surface area contributed by atoms with Crippen molar-refractivity contribution in [3.05, 3.63) is 18.3 Å². The first-order valence-corrected chi connectivity index (χ1v) is 3.83. The number of anilines is 2. The van der Waals surface area contributed by atoms with Gasteiger partial charge in [0, 0.05) is 13.1 Å². The van der Waals surface area contributed by atoms with E-state index in [0.29, 0.717) is 0 Å². The van der Waals surface area contributed by atoms with Crippen LogP contribution in [0.1, 0.15) is 6.42 Å². The number of hydrogen-bond acceptors (Lipinski definition) is 3. The van der Waals surface area contributed by atoms with Crippen molar-refractivity contribution in [3.63, 3.8) is 0 Å². The Labute approximate surface area is 65.8 Å². The van der Waals surface area contributed by atoms with Gasteiger partial charge in [-0.1, -0.05) is 0 Å². The predicted molar refractivity (Wildman–Crippen MR) is 45.5 cm³/mol. The molecule has 11 heavy (non-hydrogen) atoms. The molecule has 0 amide bonds. The Bertz CT molecular complexity index is 238. The molecule has 0 saturated carbocycles. The summed E-state index contributed by atoms with van der Waals surface area (Å²) < 4.78 is 0. The van der Waals surface area contributed by atoms with E-state index in [-0.39, 0.29) is 0 Å². The van der Waals surface area contributed by atoms with Crippen molar-refractivity contribution in [2.75, 3.05) is 23.7 Å². The number of hydrogen-bond donors (Lipinski definition) is 1. The number of aromatic nitrogens is 1. The number of pyridine rings is 1. The highest BCUT2D eigenvalue weighted by Crippen LogP contribution is 2.17. The lowest BCUT2D eigenvalue weighted by Gasteiger charge is -2.31. The van der Waals surface area contributed by atoms with E-state index in [4.69, 9.17) is 5.73 Å². The summed E-state index contributed by atoms with van der Waals surface area (Å²) in [6.07, 6.45) is 2.99. The van der Waals surface area contributed by atoms with Gasteiger partial charge in [0.2, 0.25) is 0 Å². The molecule has 0 aliphatic carbocycles. The average molecular weight is 149 g/mol. The SMILES string of the molecule is Nc1ccc(N2CCC2)nc1. The summed E-state index contributed by atoms with van der Waals surface area (Å²) in [6, 6.07) is 3.86. The molecule has 0 radical (unpaired) electrons. The summed E-state index contributed by atoms with van der Waals surface area (Å²) in [6.45, 7) is 2.27. The quantitative estimate of drug-likeness (QED) is 0.644. The molecule has 0 unspecified atom stereocenters. The Kier molecular flexibility index (Phi) is 1.42. The second-order valence-corrected chi connectivity index (χ2v) is 2.79. The number of rotatable bonds is 1. The molecule has 0 bridgehead atoms. The minimum absolute atomic E-state index is 0.731. The first-order valence-electron chi connectivity index (χ1n) is 3.83. The van der Waals surface area contributed by atoms with E-state index in [9.17, 15) is 0 Å². The fourth-order valence-electron chi connectivity index (χ4n) is 1.13. The molecule has 3 heteroatoms. The van der Waals surface area contributed by atoms with Crippen LogP contribution in [0.4, 0.5) is 11.5 Å². The summed E-state index contributed by atoms with van der Waals surface area (Å²) in [4.78, 5) is 6.44. The number of nitrogens with two attached hydrogens (primary N) is 1. The minimum atomic E-state index is 0.731. The van der Waals surface area contributed by atoms with Gasteiger partial charge < -0.3 is 10.6 Å². The van der Waals surface area contributed by atoms with E-state index < -0.39 is 0 Å². The van der Waals surface area contributed by atoms with Gasteiger partial charge in [0.1, 0.15) is 5.82 Å². The molecule has 2 heterocycles. The van der Waals surface area contributed by atoms with Gasteiger partial charge in [-0.2, -0.15) is 0 Å². The lowest BCUT2D eigenvalue weighted by Crippen LogP contribution is -2.37. The normalized spacial score (nSPS) is 16.2. The van der Waals surface area contributed by atoms with Crippen molar-refractivity contribution in [3.8, 4) is 0 Å². The Balaban J connectivity index is 2.18. The first kappa shape index (κ1) is 6.46. The molecule has 0 atom stereocenters. The van der Waals surface area contributed by atoms with Crippen LogP contribution in [0.3, 0.4) is 0 Å². The monoisotopic (exact) mass is 149 g/mol. The van der Waals surface area contributed by atoms with Gasteiger partial charge in [0.05, 0.1) is 11.9 Å². The van der Waals surface area contributed by atoms with E-state index in [1.165, 1.54) is 6.42 Å². The van der Waals surface area contributed by atoms with Gasteiger partial charge >= 0.3 is 0 Å². The molecule has 0 aromatic carbocycles. The fourth-order valence-corrected chi connectivity index (χ4v) is 1.13. The van der Waals surface area contributed by atoms with Crippen molar-refractivity contribution in [2.45, 2.75) is 6.42 Å². The molecule has 2 N–H and O–H groups in total. The van der Waals surface area contributed by atoms with Crippen LogP contribution in [0.25, 0.3) is 0 Å². The van der Waals surface area contributed by atoms with Gasteiger partial charge in [-0.25, -0.2) is 4.98 Å². The molecule has 1 saturated heterocycles. The highest BCUT2D eigenvalue weighted by molar-refractivity contribution is 5.46. The molecule has 1 aliphatic rings. The molecule has 58 valence electrons. The zero-order valence-corrected chi connectivity index (χ0v) is 6.33. The molecule has 1 aromatic rings. The van der Waals surface area contributed by atoms with Crippen molar-refractivity contribution in [1.82, 2.24) is 4.98 Å². The summed E-state index contributed by atoms with van der Waals surface area (Å²) >= 11 is 0. The van der Waals surface area contributed by atoms with Crippen LogP contribution < -0.4 is 10.6 Å².